The molecule has 0 atom stereocenters. The van der Waals surface area contributed by atoms with Gasteiger partial charge in [-0.05, 0) is 24.6 Å². The fourth-order valence-corrected chi connectivity index (χ4v) is 2.70. The van der Waals surface area contributed by atoms with Crippen LogP contribution in [0.3, 0.4) is 0 Å². The van der Waals surface area contributed by atoms with Crippen molar-refractivity contribution in [2.24, 2.45) is 0 Å². The first kappa shape index (κ1) is 14.0. The summed E-state index contributed by atoms with van der Waals surface area (Å²) < 4.78 is 1.12. The Kier molecular flexibility index (Phi) is 4.17. The number of hydrogen-bond acceptors (Lipinski definition) is 6. The van der Waals surface area contributed by atoms with Gasteiger partial charge in [0.05, 0.1) is 21.9 Å². The van der Waals surface area contributed by atoms with Crippen LogP contribution in [0.25, 0.3) is 10.2 Å². The van der Waals surface area contributed by atoms with E-state index in [1.165, 1.54) is 0 Å². The average Bonchev–Trinajstić information content (AvgIpc) is 2.95. The molecule has 2 N–H and O–H groups in total. The lowest BCUT2D eigenvalue weighted by Gasteiger charge is -2.09. The van der Waals surface area contributed by atoms with E-state index >= 15 is 0 Å². The number of nitrogens with one attached hydrogen (secondary N) is 2. The summed E-state index contributed by atoms with van der Waals surface area (Å²) in [7, 11) is 0. The number of aromatic nitrogens is 3. The Labute approximate surface area is 131 Å². The Hall–Kier alpha value is -1.92. The summed E-state index contributed by atoms with van der Waals surface area (Å²) in [4.78, 5) is 12.8. The maximum absolute atomic E-state index is 6.15. The highest BCUT2D eigenvalue weighted by atomic mass is 35.5. The summed E-state index contributed by atoms with van der Waals surface area (Å²) in [5.74, 6) is 1.16. The summed E-state index contributed by atoms with van der Waals surface area (Å²) in [6.45, 7) is 2.92. The highest BCUT2D eigenvalue weighted by Gasteiger charge is 2.06. The van der Waals surface area contributed by atoms with E-state index in [9.17, 15) is 0 Å². The summed E-state index contributed by atoms with van der Waals surface area (Å²) in [5, 5.41) is 6.86. The van der Waals surface area contributed by atoms with Gasteiger partial charge < -0.3 is 10.6 Å². The zero-order valence-electron chi connectivity index (χ0n) is 11.4. The molecule has 0 aliphatic carbocycles. The Morgan fingerprint density at radius 1 is 1.29 bits per heavy atom. The largest absolute Gasteiger partial charge is 0.354 e. The molecule has 7 heteroatoms. The molecule has 0 spiro atoms. The molecule has 1 aromatic carbocycles. The zero-order chi connectivity index (χ0) is 14.7. The van der Waals surface area contributed by atoms with Gasteiger partial charge in [0.15, 0.2) is 5.82 Å². The number of thiazole rings is 1. The average molecular weight is 320 g/mol. The maximum Gasteiger partial charge on any atom is 0.224 e. The monoisotopic (exact) mass is 319 g/mol. The minimum atomic E-state index is 0.487. The third-order valence-electron chi connectivity index (χ3n) is 2.87. The molecule has 0 fully saturated rings. The van der Waals surface area contributed by atoms with Crippen molar-refractivity contribution in [3.63, 3.8) is 0 Å². The van der Waals surface area contributed by atoms with Gasteiger partial charge in [-0.15, -0.1) is 11.3 Å². The van der Waals surface area contributed by atoms with Gasteiger partial charge in [-0.2, -0.15) is 4.98 Å². The van der Waals surface area contributed by atoms with E-state index in [2.05, 4.69) is 32.5 Å². The smallest absolute Gasteiger partial charge is 0.224 e. The van der Waals surface area contributed by atoms with E-state index in [-0.39, 0.29) is 0 Å². The Balaban J connectivity index is 1.85. The Morgan fingerprint density at radius 3 is 3.05 bits per heavy atom. The van der Waals surface area contributed by atoms with Crippen LogP contribution < -0.4 is 10.6 Å². The lowest BCUT2D eigenvalue weighted by Crippen LogP contribution is -2.06. The van der Waals surface area contributed by atoms with E-state index in [1.54, 1.807) is 17.5 Å². The second kappa shape index (κ2) is 6.24. The van der Waals surface area contributed by atoms with E-state index in [4.69, 9.17) is 11.6 Å². The number of anilines is 3. The van der Waals surface area contributed by atoms with Crippen molar-refractivity contribution >= 4 is 50.6 Å². The standard InChI is InChI=1S/C14H14ClN5S/c1-2-5-16-14-17-7-10(15)13(20-14)19-9-3-4-11-12(6-9)21-8-18-11/h3-4,6-8H,2,5H2,1H3,(H2,16,17,19,20). The van der Waals surface area contributed by atoms with Crippen LogP contribution in [0.4, 0.5) is 17.5 Å². The molecular formula is C14H14ClN5S. The Bertz CT molecular complexity index is 758. The number of hydrogen-bond donors (Lipinski definition) is 2. The van der Waals surface area contributed by atoms with Crippen molar-refractivity contribution < 1.29 is 0 Å². The maximum atomic E-state index is 6.15. The molecule has 2 heterocycles. The van der Waals surface area contributed by atoms with Gasteiger partial charge in [0, 0.05) is 12.2 Å². The normalized spacial score (nSPS) is 10.8. The molecule has 0 saturated carbocycles. The first-order valence-corrected chi connectivity index (χ1v) is 7.88. The molecule has 5 nitrogen and oxygen atoms in total. The molecule has 108 valence electrons. The van der Waals surface area contributed by atoms with Gasteiger partial charge in [0.2, 0.25) is 5.95 Å². The van der Waals surface area contributed by atoms with Crippen molar-refractivity contribution in [3.8, 4) is 0 Å². The third-order valence-corrected chi connectivity index (χ3v) is 3.94. The first-order chi connectivity index (χ1) is 10.3. The fraction of sp³-hybridized carbons (Fsp3) is 0.214. The molecule has 0 aliphatic heterocycles. The van der Waals surface area contributed by atoms with Crippen LogP contribution >= 0.6 is 22.9 Å². The fourth-order valence-electron chi connectivity index (χ4n) is 1.85. The molecule has 0 unspecified atom stereocenters. The lowest BCUT2D eigenvalue weighted by molar-refractivity contribution is 0.953. The van der Waals surface area contributed by atoms with Crippen molar-refractivity contribution in [2.45, 2.75) is 13.3 Å². The number of fused-ring (bicyclic) bond motifs is 1. The third kappa shape index (κ3) is 3.22. The minimum Gasteiger partial charge on any atom is -0.354 e. The quantitative estimate of drug-likeness (QED) is 0.734. The number of rotatable bonds is 5. The highest BCUT2D eigenvalue weighted by Crippen LogP contribution is 2.27. The second-order valence-electron chi connectivity index (χ2n) is 4.48. The van der Waals surface area contributed by atoms with Crippen LogP contribution in [0.1, 0.15) is 13.3 Å². The molecule has 0 bridgehead atoms. The summed E-state index contributed by atoms with van der Waals surface area (Å²) in [6.07, 6.45) is 2.61. The van der Waals surface area contributed by atoms with Crippen LogP contribution in [0, 0.1) is 0 Å². The molecule has 0 radical (unpaired) electrons. The molecule has 3 aromatic rings. The van der Waals surface area contributed by atoms with Gasteiger partial charge in [-0.3, -0.25) is 0 Å². The SMILES string of the molecule is CCCNc1ncc(Cl)c(Nc2ccc3ncsc3c2)n1. The van der Waals surface area contributed by atoms with Crippen LogP contribution in [-0.2, 0) is 0 Å². The van der Waals surface area contributed by atoms with E-state index in [1.807, 2.05) is 23.7 Å². The van der Waals surface area contributed by atoms with Crippen molar-refractivity contribution in [2.75, 3.05) is 17.2 Å². The number of halogens is 1. The summed E-state index contributed by atoms with van der Waals surface area (Å²) in [5.41, 5.74) is 3.75. The van der Waals surface area contributed by atoms with Crippen LogP contribution in [-0.4, -0.2) is 21.5 Å². The first-order valence-electron chi connectivity index (χ1n) is 6.63. The van der Waals surface area contributed by atoms with Gasteiger partial charge in [0.25, 0.3) is 0 Å². The molecule has 21 heavy (non-hydrogen) atoms. The summed E-state index contributed by atoms with van der Waals surface area (Å²) >= 11 is 7.75. The number of nitrogens with zero attached hydrogens (tertiary/aromatic N) is 3. The van der Waals surface area contributed by atoms with Crippen LogP contribution in [0.15, 0.2) is 29.9 Å². The lowest BCUT2D eigenvalue weighted by atomic mass is 10.3. The van der Waals surface area contributed by atoms with Gasteiger partial charge >= 0.3 is 0 Å². The highest BCUT2D eigenvalue weighted by molar-refractivity contribution is 7.16. The van der Waals surface area contributed by atoms with Crippen molar-refractivity contribution in [3.05, 3.63) is 34.9 Å². The second-order valence-corrected chi connectivity index (χ2v) is 5.77. The van der Waals surface area contributed by atoms with E-state index in [0.717, 1.165) is 28.9 Å². The van der Waals surface area contributed by atoms with Gasteiger partial charge in [-0.1, -0.05) is 18.5 Å². The minimum absolute atomic E-state index is 0.487. The molecular weight excluding hydrogens is 306 g/mol. The predicted octanol–water partition coefficient (Wildman–Crippen LogP) is 4.31. The predicted molar refractivity (Wildman–Crippen MR) is 88.7 cm³/mol. The molecule has 0 amide bonds. The Morgan fingerprint density at radius 2 is 2.19 bits per heavy atom. The molecule has 0 saturated heterocycles. The molecule has 2 aromatic heterocycles. The van der Waals surface area contributed by atoms with E-state index < -0.39 is 0 Å². The molecule has 3 rings (SSSR count). The van der Waals surface area contributed by atoms with E-state index in [0.29, 0.717) is 16.8 Å². The molecule has 0 aliphatic rings. The van der Waals surface area contributed by atoms with Gasteiger partial charge in [-0.25, -0.2) is 9.97 Å². The zero-order valence-corrected chi connectivity index (χ0v) is 13.0. The van der Waals surface area contributed by atoms with Gasteiger partial charge in [0.1, 0.15) is 5.02 Å². The summed E-state index contributed by atoms with van der Waals surface area (Å²) in [6, 6.07) is 5.96. The van der Waals surface area contributed by atoms with Crippen LogP contribution in [0.2, 0.25) is 5.02 Å². The van der Waals surface area contributed by atoms with Crippen LogP contribution in [0.5, 0.6) is 0 Å². The van der Waals surface area contributed by atoms with Crippen molar-refractivity contribution in [1.29, 1.82) is 0 Å². The van der Waals surface area contributed by atoms with Crippen molar-refractivity contribution in [1.82, 2.24) is 15.0 Å². The topological polar surface area (TPSA) is 62.7 Å². The number of benzene rings is 1.